The molecule has 1 aliphatic rings. The lowest BCUT2D eigenvalue weighted by atomic mass is 9.81. The second kappa shape index (κ2) is 26.9. The molecule has 0 bridgehead atoms. The van der Waals surface area contributed by atoms with Crippen LogP contribution in [0.4, 0.5) is 22.7 Å². The van der Waals surface area contributed by atoms with Gasteiger partial charge in [0.25, 0.3) is 0 Å². The summed E-state index contributed by atoms with van der Waals surface area (Å²) in [6.07, 6.45) is 1.73. The van der Waals surface area contributed by atoms with Gasteiger partial charge in [0.2, 0.25) is 22.8 Å². The van der Waals surface area contributed by atoms with E-state index in [-0.39, 0.29) is 5.41 Å². The molecule has 0 unspecified atom stereocenters. The van der Waals surface area contributed by atoms with Crippen LogP contribution in [0, 0.1) is 81.7 Å². The van der Waals surface area contributed by atoms with E-state index >= 15 is 0 Å². The van der Waals surface area contributed by atoms with E-state index in [9.17, 15) is 0 Å². The van der Waals surface area contributed by atoms with Gasteiger partial charge >= 0.3 is 0 Å². The van der Waals surface area contributed by atoms with E-state index < -0.39 is 0 Å². The number of benzene rings is 10. The van der Waals surface area contributed by atoms with Crippen molar-refractivity contribution in [2.75, 3.05) is 0 Å². The molecular weight excluding hydrogens is 1280 g/mol. The minimum Gasteiger partial charge on any atom is -0.464 e. The molecular formula is C93H78N8OS+4. The summed E-state index contributed by atoms with van der Waals surface area (Å²) in [6.45, 7) is 51.0. The number of thiophene rings is 1. The molecule has 9 nitrogen and oxygen atoms in total. The number of rotatable bonds is 4. The van der Waals surface area contributed by atoms with Crippen LogP contribution in [0.5, 0.6) is 0 Å². The summed E-state index contributed by atoms with van der Waals surface area (Å²) in [7, 11) is 8.45. The Balaban J connectivity index is 0.000000117. The van der Waals surface area contributed by atoms with Crippen molar-refractivity contribution in [2.24, 2.45) is 28.2 Å². The lowest BCUT2D eigenvalue weighted by Crippen LogP contribution is -2.35. The first-order chi connectivity index (χ1) is 49.6. The Morgan fingerprint density at radius 1 is 0.320 bits per heavy atom. The number of fused-ring (bicyclic) bond motifs is 10. The molecule has 1 aliphatic carbocycles. The summed E-state index contributed by atoms with van der Waals surface area (Å²) in [4.78, 5) is 14.3. The summed E-state index contributed by atoms with van der Waals surface area (Å²) in [5.74, 6) is 0. The van der Waals surface area contributed by atoms with Crippen molar-refractivity contribution in [1.82, 2.24) is 0 Å². The van der Waals surface area contributed by atoms with Gasteiger partial charge in [0.15, 0.2) is 45.5 Å². The van der Waals surface area contributed by atoms with Gasteiger partial charge in [-0.2, -0.15) is 18.3 Å². The van der Waals surface area contributed by atoms with Gasteiger partial charge in [0.05, 0.1) is 76.4 Å². The number of aromatic nitrogens is 4. The SMILES string of the molecule is [C-]#[N+]c1ccc2c(-c3cc4c(cc3C)-c3ccccc3C4(C)C)[n+](C)c(C)cc2c1.[C-]#[N+]c1ccc2c(-c3cc4ccccc4cc3C)[n+](C)c(C)cc2c1.[C-]#[N+]c1ccc2c(-c3cc4occc4cc3C)[n+](C)c(C)cc2c1.[C-]#[N+]c1ccc2c(-c3cc4sccc4cc3C)[n+](C)c(C)cc2c1. The highest BCUT2D eigenvalue weighted by Gasteiger charge is 2.37. The van der Waals surface area contributed by atoms with E-state index in [0.717, 1.165) is 54.9 Å². The van der Waals surface area contributed by atoms with Crippen LogP contribution in [-0.2, 0) is 33.6 Å². The topological polar surface area (TPSA) is 46.1 Å². The first-order valence-electron chi connectivity index (χ1n) is 34.5. The van der Waals surface area contributed by atoms with Crippen LogP contribution in [0.25, 0.3) is 150 Å². The molecule has 0 amide bonds. The molecule has 6 aromatic heterocycles. The van der Waals surface area contributed by atoms with Crippen molar-refractivity contribution in [3.63, 3.8) is 0 Å². The maximum atomic E-state index is 7.38. The third-order valence-electron chi connectivity index (χ3n) is 21.2. The molecule has 16 aromatic rings. The lowest BCUT2D eigenvalue weighted by Gasteiger charge is -2.22. The van der Waals surface area contributed by atoms with Crippen molar-refractivity contribution < 1.29 is 22.7 Å². The third-order valence-corrected chi connectivity index (χ3v) is 22.1. The van der Waals surface area contributed by atoms with Gasteiger partial charge in [-0.1, -0.05) is 123 Å². The fourth-order valence-electron chi connectivity index (χ4n) is 15.3. The first-order valence-corrected chi connectivity index (χ1v) is 35.4. The zero-order valence-electron chi connectivity index (χ0n) is 60.7. The van der Waals surface area contributed by atoms with Gasteiger partial charge in [-0.3, -0.25) is 0 Å². The number of hydrogen-bond acceptors (Lipinski definition) is 2. The number of aryl methyl sites for hydroxylation is 8. The summed E-state index contributed by atoms with van der Waals surface area (Å²) in [5.41, 5.74) is 28.5. The van der Waals surface area contributed by atoms with E-state index in [2.05, 4.69) is 286 Å². The molecule has 0 N–H and O–H groups in total. The van der Waals surface area contributed by atoms with Crippen LogP contribution >= 0.6 is 11.3 Å². The van der Waals surface area contributed by atoms with Gasteiger partial charge in [0, 0.05) is 67.5 Å². The molecule has 0 aliphatic heterocycles. The van der Waals surface area contributed by atoms with Gasteiger partial charge < -0.3 is 4.42 Å². The fourth-order valence-corrected chi connectivity index (χ4v) is 16.1. The van der Waals surface area contributed by atoms with Gasteiger partial charge in [-0.05, 0) is 188 Å². The van der Waals surface area contributed by atoms with Gasteiger partial charge in [-0.25, -0.2) is 19.4 Å². The number of hydrogen-bond donors (Lipinski definition) is 0. The Kier molecular flexibility index (Phi) is 17.7. The lowest BCUT2D eigenvalue weighted by molar-refractivity contribution is -0.665. The van der Waals surface area contributed by atoms with Gasteiger partial charge in [0.1, 0.15) is 33.8 Å². The molecule has 0 radical (unpaired) electrons. The summed E-state index contributed by atoms with van der Waals surface area (Å²) < 4.78 is 15.9. The summed E-state index contributed by atoms with van der Waals surface area (Å²) in [5, 5.41) is 16.2. The zero-order valence-corrected chi connectivity index (χ0v) is 61.5. The molecule has 17 rings (SSSR count). The molecule has 6 heterocycles. The second-order valence-corrected chi connectivity index (χ2v) is 28.9. The van der Waals surface area contributed by atoms with Crippen molar-refractivity contribution in [3.8, 4) is 56.2 Å². The van der Waals surface area contributed by atoms with Crippen LogP contribution in [-0.4, -0.2) is 0 Å². The largest absolute Gasteiger partial charge is 0.464 e. The van der Waals surface area contributed by atoms with Crippen molar-refractivity contribution in [3.05, 3.63) is 320 Å². The van der Waals surface area contributed by atoms with E-state index in [0.29, 0.717) is 22.7 Å². The molecule has 0 saturated carbocycles. The smallest absolute Gasteiger partial charge is 0.220 e. The summed E-state index contributed by atoms with van der Waals surface area (Å²) in [6, 6.07) is 72.0. The molecule has 10 aromatic carbocycles. The highest BCUT2D eigenvalue weighted by Crippen LogP contribution is 2.51. The minimum absolute atomic E-state index is 0.0240. The molecule has 0 spiro atoms. The van der Waals surface area contributed by atoms with Crippen molar-refractivity contribution >= 4 is 109 Å². The predicted molar refractivity (Wildman–Crippen MR) is 425 cm³/mol. The van der Waals surface area contributed by atoms with E-state index in [1.54, 1.807) is 17.6 Å². The normalized spacial score (nSPS) is 11.8. The first kappa shape index (κ1) is 67.7. The van der Waals surface area contributed by atoms with Crippen LogP contribution in [0.2, 0.25) is 0 Å². The molecule has 0 atom stereocenters. The van der Waals surface area contributed by atoms with Crippen LogP contribution in [0.15, 0.2) is 222 Å². The van der Waals surface area contributed by atoms with E-state index in [1.807, 2.05) is 60.7 Å². The van der Waals surface area contributed by atoms with Crippen LogP contribution < -0.4 is 18.3 Å². The predicted octanol–water partition coefficient (Wildman–Crippen LogP) is 23.4. The Morgan fingerprint density at radius 2 is 0.699 bits per heavy atom. The number of nitrogens with zero attached hydrogens (tertiary/aromatic N) is 8. The molecule has 498 valence electrons. The molecule has 103 heavy (non-hydrogen) atoms. The Hall–Kier alpha value is -12.4. The highest BCUT2D eigenvalue weighted by molar-refractivity contribution is 7.17. The van der Waals surface area contributed by atoms with Crippen LogP contribution in [0.1, 0.15) is 70.0 Å². The van der Waals surface area contributed by atoms with E-state index in [4.69, 9.17) is 30.7 Å². The van der Waals surface area contributed by atoms with Crippen molar-refractivity contribution in [2.45, 2.75) is 74.7 Å². The maximum Gasteiger partial charge on any atom is 0.220 e. The zero-order chi connectivity index (χ0) is 72.4. The highest BCUT2D eigenvalue weighted by atomic mass is 32.1. The van der Waals surface area contributed by atoms with Gasteiger partial charge in [-0.15, -0.1) is 11.3 Å². The fraction of sp³-hybridized carbons (Fsp3) is 0.161. The minimum atomic E-state index is -0.0240. The second-order valence-electron chi connectivity index (χ2n) is 28.0. The van der Waals surface area contributed by atoms with Crippen LogP contribution in [0.3, 0.4) is 0 Å². The summed E-state index contributed by atoms with van der Waals surface area (Å²) >= 11 is 1.78. The maximum absolute atomic E-state index is 7.38. The Morgan fingerprint density at radius 3 is 1.16 bits per heavy atom. The van der Waals surface area contributed by atoms with E-state index in [1.165, 1.54) is 132 Å². The molecule has 0 saturated heterocycles. The molecule has 0 fully saturated rings. The Labute approximate surface area is 606 Å². The average molecular weight is 1360 g/mol. The number of furan rings is 1. The average Bonchev–Trinajstić information content (AvgIpc) is 1.61. The standard InChI is InChI=1S/C28H25N2.C23H19N2.C21H17N2O.C21H17N2S/c1-17-13-24-22-9-7-8-10-25(22)28(3,4)26(24)16-23(17)27-21-12-11-20(29-5)15-19(21)14-18(2)30(27)6;1-15-11-17-7-5-6-8-18(17)14-22(15)23-21-10-9-20(24-3)13-19(21)12-16(2)25(23)4;2*1-13-9-15-7-8-24-20(15)12-19(13)21-18-6-5-17(22-3)11-16(18)10-14(2)23(21)4/h7-16H,1-4,6H3;5-14H,1-2,4H3;2*5-12H,1-2,4H3/q4*+1. The Bertz CT molecular complexity index is 6250. The number of pyridine rings is 4. The molecule has 10 heteroatoms. The quantitative estimate of drug-likeness (QED) is 0.128. The monoisotopic (exact) mass is 1350 g/mol. The van der Waals surface area contributed by atoms with Crippen molar-refractivity contribution in [1.29, 1.82) is 0 Å². The third kappa shape index (κ3) is 12.2.